The number of nitrogens with one attached hydrogen (secondary N) is 1. The number of anilines is 1. The number of benzene rings is 1. The van der Waals surface area contributed by atoms with Gasteiger partial charge in [-0.25, -0.2) is 8.42 Å². The molecule has 27 heavy (non-hydrogen) atoms. The first-order valence-electron chi connectivity index (χ1n) is 7.91. The second kappa shape index (κ2) is 8.33. The van der Waals surface area contributed by atoms with Crippen LogP contribution in [0.1, 0.15) is 19.3 Å². The molecule has 1 saturated heterocycles. The van der Waals surface area contributed by atoms with E-state index in [4.69, 9.17) is 15.8 Å². The third-order valence-corrected chi connectivity index (χ3v) is 5.94. The smallest absolute Gasteiger partial charge is 0.322 e. The highest BCUT2D eigenvalue weighted by Gasteiger charge is 2.37. The normalized spacial score (nSPS) is 17.0. The van der Waals surface area contributed by atoms with E-state index in [0.29, 0.717) is 12.8 Å². The van der Waals surface area contributed by atoms with E-state index in [1.165, 1.54) is 24.3 Å². The SMILES string of the molecule is N#CC(C#N)=C(C#N)Nc1cccc(S(=O)(=O)N2CCCCC2C(=O)O)c1. The van der Waals surface area contributed by atoms with Gasteiger partial charge in [0, 0.05) is 12.2 Å². The lowest BCUT2D eigenvalue weighted by molar-refractivity contribution is -0.142. The van der Waals surface area contributed by atoms with Gasteiger partial charge in [0.05, 0.1) is 4.90 Å². The van der Waals surface area contributed by atoms with Gasteiger partial charge >= 0.3 is 5.97 Å². The molecule has 0 aromatic heterocycles. The number of hydrogen-bond acceptors (Lipinski definition) is 7. The predicted octanol–water partition coefficient (Wildman–Crippen LogP) is 1.55. The number of piperidine rings is 1. The number of rotatable bonds is 5. The number of carboxylic acids is 1. The van der Waals surface area contributed by atoms with E-state index in [1.54, 1.807) is 18.2 Å². The number of carboxylic acid groups (broad SMARTS) is 1. The second-order valence-corrected chi connectivity index (χ2v) is 7.59. The van der Waals surface area contributed by atoms with Crippen LogP contribution in [0, 0.1) is 34.0 Å². The number of sulfonamides is 1. The lowest BCUT2D eigenvalue weighted by Crippen LogP contribution is -2.47. The average Bonchev–Trinajstić information content (AvgIpc) is 2.68. The highest BCUT2D eigenvalue weighted by molar-refractivity contribution is 7.89. The van der Waals surface area contributed by atoms with Crippen LogP contribution in [-0.2, 0) is 14.8 Å². The van der Waals surface area contributed by atoms with E-state index in [-0.39, 0.29) is 29.2 Å². The lowest BCUT2D eigenvalue weighted by atomic mass is 10.1. The van der Waals surface area contributed by atoms with E-state index < -0.39 is 27.6 Å². The van der Waals surface area contributed by atoms with E-state index in [9.17, 15) is 18.3 Å². The Labute approximate surface area is 156 Å². The van der Waals surface area contributed by atoms with Gasteiger partial charge in [-0.1, -0.05) is 6.07 Å². The fraction of sp³-hybridized carbons (Fsp3) is 0.294. The molecule has 0 saturated carbocycles. The summed E-state index contributed by atoms with van der Waals surface area (Å²) in [4.78, 5) is 11.3. The van der Waals surface area contributed by atoms with Crippen molar-refractivity contribution in [2.45, 2.75) is 30.2 Å². The van der Waals surface area contributed by atoms with Crippen LogP contribution in [0.4, 0.5) is 5.69 Å². The summed E-state index contributed by atoms with van der Waals surface area (Å²) in [6, 6.07) is 9.15. The molecule has 138 valence electrons. The zero-order valence-electron chi connectivity index (χ0n) is 14.1. The monoisotopic (exact) mass is 385 g/mol. The number of allylic oxidation sites excluding steroid dienone is 2. The van der Waals surface area contributed by atoms with Crippen LogP contribution in [0.2, 0.25) is 0 Å². The van der Waals surface area contributed by atoms with Crippen molar-refractivity contribution in [3.05, 3.63) is 35.5 Å². The molecule has 0 amide bonds. The highest BCUT2D eigenvalue weighted by Crippen LogP contribution is 2.27. The minimum atomic E-state index is -4.07. The number of nitrogens with zero attached hydrogens (tertiary/aromatic N) is 4. The van der Waals surface area contributed by atoms with Gasteiger partial charge in [0.25, 0.3) is 0 Å². The van der Waals surface area contributed by atoms with Crippen molar-refractivity contribution in [2.75, 3.05) is 11.9 Å². The van der Waals surface area contributed by atoms with Crippen LogP contribution in [0.15, 0.2) is 40.4 Å². The summed E-state index contributed by atoms with van der Waals surface area (Å²) in [7, 11) is -4.07. The maximum atomic E-state index is 12.9. The minimum absolute atomic E-state index is 0.104. The molecule has 1 aliphatic rings. The molecule has 0 spiro atoms. The van der Waals surface area contributed by atoms with Crippen molar-refractivity contribution >= 4 is 21.7 Å². The molecular weight excluding hydrogens is 370 g/mol. The topological polar surface area (TPSA) is 158 Å². The molecule has 1 aromatic carbocycles. The Morgan fingerprint density at radius 2 is 1.89 bits per heavy atom. The molecule has 1 fully saturated rings. The van der Waals surface area contributed by atoms with Crippen LogP contribution >= 0.6 is 0 Å². The van der Waals surface area contributed by atoms with Gasteiger partial charge in [-0.3, -0.25) is 4.79 Å². The van der Waals surface area contributed by atoms with Crippen molar-refractivity contribution in [2.24, 2.45) is 0 Å². The Hall–Kier alpha value is -3.39. The second-order valence-electron chi connectivity index (χ2n) is 5.70. The molecule has 1 atom stereocenters. The van der Waals surface area contributed by atoms with Crippen molar-refractivity contribution in [3.8, 4) is 18.2 Å². The van der Waals surface area contributed by atoms with Crippen LogP contribution in [-0.4, -0.2) is 36.4 Å². The van der Waals surface area contributed by atoms with E-state index in [1.807, 2.05) is 0 Å². The Balaban J connectivity index is 2.41. The van der Waals surface area contributed by atoms with Crippen LogP contribution in [0.5, 0.6) is 0 Å². The van der Waals surface area contributed by atoms with E-state index in [2.05, 4.69) is 5.32 Å². The first kappa shape index (κ1) is 19.9. The molecule has 0 bridgehead atoms. The number of hydrogen-bond donors (Lipinski definition) is 2. The zero-order chi connectivity index (χ0) is 20.0. The van der Waals surface area contributed by atoms with Crippen molar-refractivity contribution in [1.82, 2.24) is 4.31 Å². The van der Waals surface area contributed by atoms with Gasteiger partial charge in [0.1, 0.15) is 29.9 Å². The van der Waals surface area contributed by atoms with Gasteiger partial charge < -0.3 is 10.4 Å². The van der Waals surface area contributed by atoms with Crippen molar-refractivity contribution in [3.63, 3.8) is 0 Å². The standard InChI is InChI=1S/C17H15N5O4S/c18-9-12(10-19)15(11-20)21-13-4-3-5-14(8-13)27(25,26)22-7-2-1-6-16(22)17(23)24/h3-5,8,16,21H,1-2,6-7H2,(H,23,24). The van der Waals surface area contributed by atoms with Gasteiger partial charge in [-0.05, 0) is 37.5 Å². The molecule has 2 N–H and O–H groups in total. The summed E-state index contributed by atoms with van der Waals surface area (Å²) in [5, 5.41) is 38.7. The number of aliphatic carboxylic acids is 1. The molecule has 1 aromatic rings. The molecule has 1 aliphatic heterocycles. The summed E-state index contributed by atoms with van der Waals surface area (Å²) in [5.41, 5.74) is -0.567. The Morgan fingerprint density at radius 3 is 2.48 bits per heavy atom. The van der Waals surface area contributed by atoms with Crippen LogP contribution < -0.4 is 5.32 Å². The molecule has 2 rings (SSSR count). The maximum Gasteiger partial charge on any atom is 0.322 e. The molecule has 10 heteroatoms. The fourth-order valence-corrected chi connectivity index (χ4v) is 4.43. The molecule has 1 heterocycles. The Bertz CT molecular complexity index is 995. The first-order chi connectivity index (χ1) is 12.8. The van der Waals surface area contributed by atoms with Gasteiger partial charge in [0.2, 0.25) is 10.0 Å². The zero-order valence-corrected chi connectivity index (χ0v) is 14.9. The predicted molar refractivity (Wildman–Crippen MR) is 93.1 cm³/mol. The average molecular weight is 385 g/mol. The molecule has 9 nitrogen and oxygen atoms in total. The minimum Gasteiger partial charge on any atom is -0.480 e. The highest BCUT2D eigenvalue weighted by atomic mass is 32.2. The van der Waals surface area contributed by atoms with Gasteiger partial charge in [-0.2, -0.15) is 20.1 Å². The van der Waals surface area contributed by atoms with Crippen LogP contribution in [0.25, 0.3) is 0 Å². The Kier molecular flexibility index (Phi) is 6.15. The summed E-state index contributed by atoms with van der Waals surface area (Å²) >= 11 is 0. The van der Waals surface area contributed by atoms with Crippen molar-refractivity contribution < 1.29 is 18.3 Å². The number of nitriles is 3. The third-order valence-electron chi connectivity index (χ3n) is 4.03. The lowest BCUT2D eigenvalue weighted by Gasteiger charge is -2.31. The molecule has 0 radical (unpaired) electrons. The quantitative estimate of drug-likeness (QED) is 0.722. The maximum absolute atomic E-state index is 12.9. The molecule has 1 unspecified atom stereocenters. The molecule has 0 aliphatic carbocycles. The largest absolute Gasteiger partial charge is 0.480 e. The summed E-state index contributed by atoms with van der Waals surface area (Å²) in [6.07, 6.45) is 1.43. The van der Waals surface area contributed by atoms with E-state index in [0.717, 1.165) is 4.31 Å². The summed E-state index contributed by atoms with van der Waals surface area (Å²) in [6.45, 7) is 0.104. The van der Waals surface area contributed by atoms with Crippen molar-refractivity contribution in [1.29, 1.82) is 15.8 Å². The van der Waals surface area contributed by atoms with Gasteiger partial charge in [-0.15, -0.1) is 0 Å². The van der Waals surface area contributed by atoms with E-state index >= 15 is 0 Å². The van der Waals surface area contributed by atoms with Crippen LogP contribution in [0.3, 0.4) is 0 Å². The Morgan fingerprint density at radius 1 is 1.19 bits per heavy atom. The number of carbonyl (C=O) groups is 1. The first-order valence-corrected chi connectivity index (χ1v) is 9.35. The molecular formula is C17H15N5O4S. The summed E-state index contributed by atoms with van der Waals surface area (Å²) in [5.74, 6) is -1.20. The van der Waals surface area contributed by atoms with Gasteiger partial charge in [0.15, 0.2) is 5.57 Å². The fourth-order valence-electron chi connectivity index (χ4n) is 2.74. The third kappa shape index (κ3) is 4.24. The summed E-state index contributed by atoms with van der Waals surface area (Å²) < 4.78 is 26.8.